The summed E-state index contributed by atoms with van der Waals surface area (Å²) < 4.78 is 5.08. The minimum absolute atomic E-state index is 0.593. The Morgan fingerprint density at radius 2 is 2.13 bits per heavy atom. The molecule has 0 bridgehead atoms. The minimum Gasteiger partial charge on any atom is -0.495 e. The molecule has 1 aromatic heterocycles. The number of aromatic nitrogens is 2. The number of nitrogens with one attached hydrogen (secondary N) is 1. The van der Waals surface area contributed by atoms with Crippen LogP contribution in [-0.4, -0.2) is 17.3 Å². The van der Waals surface area contributed by atoms with Crippen LogP contribution in [0.3, 0.4) is 0 Å². The highest BCUT2D eigenvalue weighted by atomic mass is 35.5. The average Bonchev–Trinajstić information content (AvgIpc) is 2.65. The molecular weight excluding hydrogens is 212 g/mol. The van der Waals surface area contributed by atoms with Crippen LogP contribution >= 0.6 is 11.6 Å². The van der Waals surface area contributed by atoms with Gasteiger partial charge in [0.05, 0.1) is 17.8 Å². The minimum atomic E-state index is 0.593. The van der Waals surface area contributed by atoms with Crippen LogP contribution < -0.4 is 4.74 Å². The fourth-order valence-electron chi connectivity index (χ4n) is 1.39. The van der Waals surface area contributed by atoms with E-state index < -0.39 is 0 Å². The first-order chi connectivity index (χ1) is 7.20. The van der Waals surface area contributed by atoms with Crippen molar-refractivity contribution in [2.75, 3.05) is 7.11 Å². The summed E-state index contributed by atoms with van der Waals surface area (Å²) in [6.07, 6.45) is 0. The van der Waals surface area contributed by atoms with Crippen LogP contribution in [0.1, 0.15) is 5.69 Å². The maximum Gasteiger partial charge on any atom is 0.137 e. The molecule has 3 nitrogen and oxygen atoms in total. The van der Waals surface area contributed by atoms with Crippen molar-refractivity contribution in [2.45, 2.75) is 6.92 Å². The quantitative estimate of drug-likeness (QED) is 0.848. The molecule has 1 aromatic carbocycles. The molecular formula is C11H11ClN2O. The van der Waals surface area contributed by atoms with Crippen molar-refractivity contribution >= 4 is 11.6 Å². The summed E-state index contributed by atoms with van der Waals surface area (Å²) in [6.45, 7) is 1.96. The van der Waals surface area contributed by atoms with E-state index in [-0.39, 0.29) is 0 Å². The Balaban J connectivity index is 2.42. The third-order valence-electron chi connectivity index (χ3n) is 2.15. The third-order valence-corrected chi connectivity index (χ3v) is 2.45. The molecule has 0 fully saturated rings. The van der Waals surface area contributed by atoms with Crippen molar-refractivity contribution < 1.29 is 4.74 Å². The SMILES string of the molecule is COc1ccc(-c2cc(C)[nH]n2)cc1Cl. The highest BCUT2D eigenvalue weighted by Gasteiger charge is 2.05. The maximum absolute atomic E-state index is 6.02. The molecule has 1 heterocycles. The summed E-state index contributed by atoms with van der Waals surface area (Å²) in [4.78, 5) is 0. The van der Waals surface area contributed by atoms with Gasteiger partial charge in [0, 0.05) is 11.3 Å². The summed E-state index contributed by atoms with van der Waals surface area (Å²) in [5, 5.41) is 7.64. The molecule has 15 heavy (non-hydrogen) atoms. The standard InChI is InChI=1S/C11H11ClN2O/c1-7-5-10(14-13-7)8-3-4-11(15-2)9(12)6-8/h3-6H,1-2H3,(H,13,14). The van der Waals surface area contributed by atoms with Gasteiger partial charge in [-0.25, -0.2) is 0 Å². The molecule has 0 radical (unpaired) electrons. The van der Waals surface area contributed by atoms with Crippen LogP contribution in [0.25, 0.3) is 11.3 Å². The summed E-state index contributed by atoms with van der Waals surface area (Å²) >= 11 is 6.02. The highest BCUT2D eigenvalue weighted by molar-refractivity contribution is 6.32. The Morgan fingerprint density at radius 3 is 2.67 bits per heavy atom. The molecule has 0 saturated heterocycles. The van der Waals surface area contributed by atoms with Gasteiger partial charge in [-0.2, -0.15) is 5.10 Å². The van der Waals surface area contributed by atoms with Crippen molar-refractivity contribution in [3.05, 3.63) is 35.0 Å². The lowest BCUT2D eigenvalue weighted by Gasteiger charge is -2.03. The predicted octanol–water partition coefficient (Wildman–Crippen LogP) is 3.05. The van der Waals surface area contributed by atoms with E-state index in [9.17, 15) is 0 Å². The van der Waals surface area contributed by atoms with Crippen molar-refractivity contribution in [1.82, 2.24) is 10.2 Å². The van der Waals surface area contributed by atoms with Crippen LogP contribution in [0, 0.1) is 6.92 Å². The van der Waals surface area contributed by atoms with E-state index >= 15 is 0 Å². The molecule has 0 aliphatic carbocycles. The number of rotatable bonds is 2. The second kappa shape index (κ2) is 3.95. The summed E-state index contributed by atoms with van der Waals surface area (Å²) in [5.74, 6) is 0.674. The van der Waals surface area contributed by atoms with E-state index in [0.29, 0.717) is 10.8 Å². The topological polar surface area (TPSA) is 37.9 Å². The number of hydrogen-bond acceptors (Lipinski definition) is 2. The van der Waals surface area contributed by atoms with Gasteiger partial charge in [0.2, 0.25) is 0 Å². The Bertz CT molecular complexity index is 479. The van der Waals surface area contributed by atoms with E-state index in [1.165, 1.54) is 0 Å². The van der Waals surface area contributed by atoms with Crippen molar-refractivity contribution in [3.63, 3.8) is 0 Å². The molecule has 0 aliphatic heterocycles. The third kappa shape index (κ3) is 1.97. The number of methoxy groups -OCH3 is 1. The van der Waals surface area contributed by atoms with Crippen LogP contribution in [0.4, 0.5) is 0 Å². The summed E-state index contributed by atoms with van der Waals surface area (Å²) in [7, 11) is 1.60. The lowest BCUT2D eigenvalue weighted by atomic mass is 10.1. The summed E-state index contributed by atoms with van der Waals surface area (Å²) in [5.41, 5.74) is 2.89. The van der Waals surface area contributed by atoms with Crippen LogP contribution in [0.5, 0.6) is 5.75 Å². The van der Waals surface area contributed by atoms with Gasteiger partial charge in [-0.05, 0) is 31.2 Å². The molecule has 0 spiro atoms. The molecule has 1 N–H and O–H groups in total. The van der Waals surface area contributed by atoms with Gasteiger partial charge in [0.1, 0.15) is 5.75 Å². The van der Waals surface area contributed by atoms with Gasteiger partial charge < -0.3 is 4.74 Å². The second-order valence-electron chi connectivity index (χ2n) is 3.29. The largest absolute Gasteiger partial charge is 0.495 e. The smallest absolute Gasteiger partial charge is 0.137 e. The maximum atomic E-state index is 6.02. The first-order valence-electron chi connectivity index (χ1n) is 4.56. The molecule has 2 rings (SSSR count). The number of benzene rings is 1. The van der Waals surface area contributed by atoms with Crippen molar-refractivity contribution in [2.24, 2.45) is 0 Å². The van der Waals surface area contributed by atoms with Gasteiger partial charge in [0.15, 0.2) is 0 Å². The number of aromatic amines is 1. The van der Waals surface area contributed by atoms with Crippen LogP contribution in [0.15, 0.2) is 24.3 Å². The molecule has 0 amide bonds. The van der Waals surface area contributed by atoms with E-state index in [4.69, 9.17) is 16.3 Å². The Morgan fingerprint density at radius 1 is 1.33 bits per heavy atom. The van der Waals surface area contributed by atoms with E-state index in [0.717, 1.165) is 17.0 Å². The normalized spacial score (nSPS) is 10.3. The fourth-order valence-corrected chi connectivity index (χ4v) is 1.65. The lowest BCUT2D eigenvalue weighted by Crippen LogP contribution is -1.85. The van der Waals surface area contributed by atoms with Gasteiger partial charge in [0.25, 0.3) is 0 Å². The zero-order valence-electron chi connectivity index (χ0n) is 8.54. The highest BCUT2D eigenvalue weighted by Crippen LogP contribution is 2.29. The van der Waals surface area contributed by atoms with Crippen LogP contribution in [-0.2, 0) is 0 Å². The van der Waals surface area contributed by atoms with Gasteiger partial charge >= 0.3 is 0 Å². The molecule has 0 atom stereocenters. The number of hydrogen-bond donors (Lipinski definition) is 1. The molecule has 0 saturated carbocycles. The Labute approximate surface area is 93.0 Å². The predicted molar refractivity (Wildman–Crippen MR) is 60.3 cm³/mol. The van der Waals surface area contributed by atoms with E-state index in [1.807, 2.05) is 31.2 Å². The first kappa shape index (κ1) is 10.1. The molecule has 4 heteroatoms. The molecule has 78 valence electrons. The number of nitrogens with zero attached hydrogens (tertiary/aromatic N) is 1. The number of ether oxygens (including phenoxy) is 1. The summed E-state index contributed by atoms with van der Waals surface area (Å²) in [6, 6.07) is 7.58. The zero-order chi connectivity index (χ0) is 10.8. The lowest BCUT2D eigenvalue weighted by molar-refractivity contribution is 0.415. The number of aryl methyl sites for hydroxylation is 1. The Hall–Kier alpha value is -1.48. The zero-order valence-corrected chi connectivity index (χ0v) is 9.30. The van der Waals surface area contributed by atoms with E-state index in [2.05, 4.69) is 10.2 Å². The van der Waals surface area contributed by atoms with Crippen LogP contribution in [0.2, 0.25) is 5.02 Å². The Kier molecular flexibility index (Phi) is 2.64. The fraction of sp³-hybridized carbons (Fsp3) is 0.182. The number of H-pyrrole nitrogens is 1. The van der Waals surface area contributed by atoms with E-state index in [1.54, 1.807) is 7.11 Å². The second-order valence-corrected chi connectivity index (χ2v) is 3.69. The van der Waals surface area contributed by atoms with Crippen molar-refractivity contribution in [3.8, 4) is 17.0 Å². The van der Waals surface area contributed by atoms with Gasteiger partial charge in [-0.1, -0.05) is 11.6 Å². The average molecular weight is 223 g/mol. The first-order valence-corrected chi connectivity index (χ1v) is 4.94. The van der Waals surface area contributed by atoms with Crippen molar-refractivity contribution in [1.29, 1.82) is 0 Å². The molecule has 2 aromatic rings. The monoisotopic (exact) mass is 222 g/mol. The van der Waals surface area contributed by atoms with Gasteiger partial charge in [-0.15, -0.1) is 0 Å². The number of halogens is 1. The molecule has 0 unspecified atom stereocenters. The van der Waals surface area contributed by atoms with Gasteiger partial charge in [-0.3, -0.25) is 5.10 Å². The molecule has 0 aliphatic rings.